The average Bonchev–Trinajstić information content (AvgIpc) is 3.54. The molecule has 0 saturated heterocycles. The minimum absolute atomic E-state index is 0.255. The van der Waals surface area contributed by atoms with Gasteiger partial charge in [0.2, 0.25) is 0 Å². The lowest BCUT2D eigenvalue weighted by atomic mass is 10.1. The van der Waals surface area contributed by atoms with Crippen LogP contribution in [0.5, 0.6) is 5.75 Å². The molecule has 0 atom stereocenters. The highest BCUT2D eigenvalue weighted by atomic mass is 35.5. The Hall–Kier alpha value is -4.47. The van der Waals surface area contributed by atoms with Crippen molar-refractivity contribution < 1.29 is 14.3 Å². The smallest absolute Gasteiger partial charge is 0.263 e. The van der Waals surface area contributed by atoms with Gasteiger partial charge >= 0.3 is 0 Å². The third kappa shape index (κ3) is 5.44. The number of nitrogens with zero attached hydrogens (tertiary/aromatic N) is 3. The summed E-state index contributed by atoms with van der Waals surface area (Å²) in [6.07, 6.45) is 3.35. The molecule has 0 radical (unpaired) electrons. The van der Waals surface area contributed by atoms with Gasteiger partial charge in [-0.05, 0) is 42.5 Å². The summed E-state index contributed by atoms with van der Waals surface area (Å²) in [5.41, 5.74) is 5.58. The molecule has 10 heteroatoms. The molecule has 0 spiro atoms. The van der Waals surface area contributed by atoms with Crippen LogP contribution in [0.3, 0.4) is 0 Å². The molecule has 8 nitrogen and oxygen atoms in total. The first kappa shape index (κ1) is 25.2. The molecular weight excluding hydrogens is 522 g/mol. The van der Waals surface area contributed by atoms with Gasteiger partial charge in [-0.15, -0.1) is 11.3 Å². The number of para-hydroxylation sites is 1. The van der Waals surface area contributed by atoms with Crippen LogP contribution in [0, 0.1) is 0 Å². The number of nitrogens with one attached hydrogen (secondary N) is 2. The van der Waals surface area contributed by atoms with E-state index in [0.29, 0.717) is 21.2 Å². The molecule has 0 aliphatic carbocycles. The first-order chi connectivity index (χ1) is 18.5. The monoisotopic (exact) mass is 543 g/mol. The van der Waals surface area contributed by atoms with Gasteiger partial charge in [-0.2, -0.15) is 10.2 Å². The predicted molar refractivity (Wildman–Crippen MR) is 150 cm³/mol. The Kier molecular flexibility index (Phi) is 7.48. The maximum Gasteiger partial charge on any atom is 0.263 e. The first-order valence-corrected chi connectivity index (χ1v) is 12.8. The van der Waals surface area contributed by atoms with E-state index < -0.39 is 11.8 Å². The number of thiophene rings is 1. The van der Waals surface area contributed by atoms with Gasteiger partial charge in [-0.3, -0.25) is 9.59 Å². The number of rotatable bonds is 8. The lowest BCUT2D eigenvalue weighted by Gasteiger charge is -2.03. The fourth-order valence-corrected chi connectivity index (χ4v) is 5.22. The molecule has 3 aromatic carbocycles. The van der Waals surface area contributed by atoms with E-state index in [2.05, 4.69) is 15.8 Å². The van der Waals surface area contributed by atoms with Crippen molar-refractivity contribution in [2.75, 3.05) is 13.7 Å². The van der Waals surface area contributed by atoms with Crippen molar-refractivity contribution in [1.29, 1.82) is 0 Å². The zero-order valence-corrected chi connectivity index (χ0v) is 21.8. The van der Waals surface area contributed by atoms with Gasteiger partial charge in [-0.1, -0.05) is 48.0 Å². The minimum Gasteiger partial charge on any atom is -0.497 e. The summed E-state index contributed by atoms with van der Waals surface area (Å²) >= 11 is 7.64. The zero-order valence-electron chi connectivity index (χ0n) is 20.2. The number of ether oxygens (including phenoxy) is 1. The van der Waals surface area contributed by atoms with Gasteiger partial charge in [0.05, 0.1) is 30.6 Å². The van der Waals surface area contributed by atoms with Gasteiger partial charge in [0.25, 0.3) is 11.8 Å². The van der Waals surface area contributed by atoms with E-state index in [-0.39, 0.29) is 6.54 Å². The highest BCUT2D eigenvalue weighted by Gasteiger charge is 2.17. The van der Waals surface area contributed by atoms with Crippen LogP contribution >= 0.6 is 22.9 Å². The van der Waals surface area contributed by atoms with E-state index in [0.717, 1.165) is 27.1 Å². The number of hydrogen-bond donors (Lipinski definition) is 2. The Balaban J connectivity index is 1.28. The number of methoxy groups -OCH3 is 1. The third-order valence-corrected chi connectivity index (χ3v) is 7.34. The van der Waals surface area contributed by atoms with Gasteiger partial charge < -0.3 is 10.1 Å². The molecule has 2 aromatic heterocycles. The Labute approximate surface area is 227 Å². The number of carbonyl (C=O) groups is 2. The second-order valence-electron chi connectivity index (χ2n) is 8.16. The second-order valence-corrected chi connectivity index (χ2v) is 9.59. The van der Waals surface area contributed by atoms with Crippen molar-refractivity contribution in [1.82, 2.24) is 20.5 Å². The van der Waals surface area contributed by atoms with Crippen LogP contribution in [0.1, 0.15) is 15.2 Å². The van der Waals surface area contributed by atoms with E-state index in [1.807, 2.05) is 85.1 Å². The molecule has 0 saturated carbocycles. The molecule has 0 aliphatic rings. The summed E-state index contributed by atoms with van der Waals surface area (Å²) in [5.74, 6) is -0.160. The first-order valence-electron chi connectivity index (χ1n) is 11.6. The van der Waals surface area contributed by atoms with Crippen molar-refractivity contribution in [3.05, 3.63) is 101 Å². The van der Waals surface area contributed by atoms with Crippen LogP contribution in [0.15, 0.2) is 90.2 Å². The number of amides is 2. The van der Waals surface area contributed by atoms with Crippen molar-refractivity contribution >= 4 is 51.1 Å². The number of fused-ring (bicyclic) bond motifs is 1. The lowest BCUT2D eigenvalue weighted by Crippen LogP contribution is -2.34. The largest absolute Gasteiger partial charge is 0.497 e. The van der Waals surface area contributed by atoms with Crippen LogP contribution in [0.25, 0.3) is 27.0 Å². The maximum absolute atomic E-state index is 12.6. The van der Waals surface area contributed by atoms with Crippen molar-refractivity contribution in [2.24, 2.45) is 5.10 Å². The minimum atomic E-state index is -0.478. The summed E-state index contributed by atoms with van der Waals surface area (Å²) in [7, 11) is 1.61. The molecule has 0 unspecified atom stereocenters. The molecule has 190 valence electrons. The van der Waals surface area contributed by atoms with Gasteiger partial charge in [-0.25, -0.2) is 10.1 Å². The third-order valence-electron chi connectivity index (χ3n) is 5.67. The summed E-state index contributed by atoms with van der Waals surface area (Å²) in [5, 5.41) is 12.6. The molecule has 2 heterocycles. The van der Waals surface area contributed by atoms with E-state index in [1.165, 1.54) is 17.6 Å². The fraction of sp³-hybridized carbons (Fsp3) is 0.0714. The molecule has 0 fully saturated rings. The molecule has 0 aliphatic heterocycles. The van der Waals surface area contributed by atoms with Crippen LogP contribution in [-0.4, -0.2) is 41.5 Å². The summed E-state index contributed by atoms with van der Waals surface area (Å²) in [6.45, 7) is -0.255. The molecule has 2 amide bonds. The SMILES string of the molecule is COc1ccc(-c2nn(-c3ccccc3)cc2C=NNC(=O)CNC(=O)c2sc3ccccc3c2Cl)cc1. The Bertz CT molecular complexity index is 1630. The number of carbonyl (C=O) groups excluding carboxylic acids is 2. The highest BCUT2D eigenvalue weighted by Crippen LogP contribution is 2.35. The van der Waals surface area contributed by atoms with Crippen LogP contribution < -0.4 is 15.5 Å². The number of halogens is 1. The maximum atomic E-state index is 12.6. The molecule has 38 heavy (non-hydrogen) atoms. The zero-order chi connectivity index (χ0) is 26.5. The number of aromatic nitrogens is 2. The summed E-state index contributed by atoms with van der Waals surface area (Å²) < 4.78 is 7.91. The highest BCUT2D eigenvalue weighted by molar-refractivity contribution is 7.21. The summed E-state index contributed by atoms with van der Waals surface area (Å²) in [4.78, 5) is 25.3. The van der Waals surface area contributed by atoms with Crippen LogP contribution in [0.4, 0.5) is 0 Å². The quantitative estimate of drug-likeness (QED) is 0.205. The number of benzene rings is 3. The molecule has 5 aromatic rings. The fourth-order valence-electron chi connectivity index (χ4n) is 3.78. The average molecular weight is 544 g/mol. The number of hydrogen-bond acceptors (Lipinski definition) is 6. The lowest BCUT2D eigenvalue weighted by molar-refractivity contribution is -0.120. The van der Waals surface area contributed by atoms with E-state index >= 15 is 0 Å². The molecule has 2 N–H and O–H groups in total. The predicted octanol–water partition coefficient (Wildman–Crippen LogP) is 5.30. The standard InChI is InChI=1S/C28H22ClN5O3S/c1-37-21-13-11-18(12-14-21)26-19(17-34(33-26)20-7-3-2-4-8-20)15-31-32-24(35)16-30-28(36)27-25(29)22-9-5-6-10-23(22)38-27/h2-15,17H,16H2,1H3,(H,30,36)(H,32,35). The Morgan fingerprint density at radius 3 is 2.53 bits per heavy atom. The number of hydrazone groups is 1. The van der Waals surface area contributed by atoms with E-state index in [1.54, 1.807) is 11.8 Å². The Morgan fingerprint density at radius 1 is 1.05 bits per heavy atom. The van der Waals surface area contributed by atoms with Gasteiger partial charge in [0.15, 0.2) is 0 Å². The van der Waals surface area contributed by atoms with Crippen molar-refractivity contribution in [3.63, 3.8) is 0 Å². The van der Waals surface area contributed by atoms with Gasteiger partial charge in [0.1, 0.15) is 16.3 Å². The molecular formula is C28H22ClN5O3S. The molecule has 0 bridgehead atoms. The van der Waals surface area contributed by atoms with Crippen LogP contribution in [0.2, 0.25) is 5.02 Å². The second kappa shape index (κ2) is 11.3. The van der Waals surface area contributed by atoms with Gasteiger partial charge in [0, 0.05) is 27.4 Å². The van der Waals surface area contributed by atoms with E-state index in [9.17, 15) is 9.59 Å². The summed E-state index contributed by atoms with van der Waals surface area (Å²) in [6, 6.07) is 24.7. The van der Waals surface area contributed by atoms with Crippen molar-refractivity contribution in [3.8, 4) is 22.7 Å². The molecule has 5 rings (SSSR count). The van der Waals surface area contributed by atoms with E-state index in [4.69, 9.17) is 21.4 Å². The normalized spacial score (nSPS) is 11.1. The Morgan fingerprint density at radius 2 is 1.79 bits per heavy atom. The van der Waals surface area contributed by atoms with Crippen LogP contribution in [-0.2, 0) is 4.79 Å². The topological polar surface area (TPSA) is 97.6 Å². The van der Waals surface area contributed by atoms with Crippen molar-refractivity contribution in [2.45, 2.75) is 0 Å².